The van der Waals surface area contributed by atoms with E-state index in [9.17, 15) is 74.7 Å². The standard InChI is InChI=1S/C59H78N2O23S/c1-23(46-49(83-55-39(64)24(2)58(8,76)29(7)79-55)43(68)45(70)57(80-46)82-48-28(6)78-56(44(69)42(48)67)81-47-27(5)77-26(4)40(65)41(47)66)15-18-59-19-16-35(84-59)36-37(59)52(73)60(51(36)72)20-17-33(63)21-34-50(71)61-38(54(74)75)32(22-85-53(34)61)14-11-30-9-12-31(13-10-30)25(3)62/h9-10,12-13,16,19,24,26-29,34-37,39-49,53,55-57,64-70,76H,1,11,14-15,17-18,20-22H2,2-8H3,(H,74,75)/t24-,26-,27?,28?,29?,34?,35?,36?,37?,39?,40?,41+,42-,43-,44?,45?,46?,47-,48-,49+,53?,55-,56-,57-,58-,59?/m0/s1. The Hall–Kier alpha value is -4.43. The summed E-state index contributed by atoms with van der Waals surface area (Å²) in [6.07, 6.45) is -22.8. The van der Waals surface area contributed by atoms with Gasteiger partial charge in [-0.1, -0.05) is 49.9 Å². The van der Waals surface area contributed by atoms with Crippen LogP contribution in [-0.2, 0) is 68.3 Å². The predicted molar refractivity (Wildman–Crippen MR) is 293 cm³/mol. The van der Waals surface area contributed by atoms with E-state index in [2.05, 4.69) is 6.58 Å². The molecule has 7 saturated heterocycles. The second-order valence-corrected chi connectivity index (χ2v) is 25.6. The fourth-order valence-electron chi connectivity index (χ4n) is 13.5. The van der Waals surface area contributed by atoms with E-state index in [1.165, 1.54) is 37.4 Å². The summed E-state index contributed by atoms with van der Waals surface area (Å²) in [5.41, 5.74) is -0.774. The Morgan fingerprint density at radius 2 is 1.33 bits per heavy atom. The SMILES string of the molecule is C=C(CCC12C=CC(O1)C1C(=O)N(CCC(=O)CC3C(=O)N4C(C(=O)O)=C(CCc5ccc(C(C)=O)cc5)CSC34)C(=O)C12)C1O[C@@H](O[C@H]2C(C)O[C@@H](O[C@H]3C(C)O[C@@H](C)C(O)[C@H]3O)C(O)[C@@H]2O)C(O)[C@H](O)[C@H]1O[C@@H]1OC(C)[C@@](C)(O)[C@@H](C)C1O. The zero-order chi connectivity index (χ0) is 61.6. The number of imide groups is 1. The fourth-order valence-corrected chi connectivity index (χ4v) is 14.9. The summed E-state index contributed by atoms with van der Waals surface area (Å²) < 4.78 is 48.6. The van der Waals surface area contributed by atoms with E-state index >= 15 is 0 Å². The first kappa shape index (κ1) is 63.6. The molecule has 10 rings (SSSR count). The number of ketones is 2. The van der Waals surface area contributed by atoms with E-state index in [0.29, 0.717) is 29.7 Å². The van der Waals surface area contributed by atoms with E-state index in [1.807, 2.05) is 12.1 Å². The van der Waals surface area contributed by atoms with Gasteiger partial charge in [-0.25, -0.2) is 4.79 Å². The van der Waals surface area contributed by atoms with Gasteiger partial charge in [0.15, 0.2) is 24.7 Å². The number of benzene rings is 1. The molecule has 9 heterocycles. The van der Waals surface area contributed by atoms with E-state index in [4.69, 9.17) is 37.9 Å². The minimum Gasteiger partial charge on any atom is -0.477 e. The molecule has 1 aromatic carbocycles. The van der Waals surface area contributed by atoms with Crippen molar-refractivity contribution in [2.45, 2.75) is 220 Å². The maximum Gasteiger partial charge on any atom is 0.352 e. The number of carbonyl (C=O) groups excluding carboxylic acids is 5. The molecular weight excluding hydrogens is 1140 g/mol. The average Bonchev–Trinajstić information content (AvgIpc) is 1.65. The number of carbonyl (C=O) groups is 6. The Morgan fingerprint density at radius 3 is 1.98 bits per heavy atom. The number of Topliss-reactive ketones (excluding diaryl/α,β-unsaturated/α-hetero) is 2. The molecule has 25 nitrogen and oxygen atoms in total. The molecule has 9 N–H and O–H groups in total. The van der Waals surface area contributed by atoms with Crippen molar-refractivity contribution in [3.63, 3.8) is 0 Å². The Balaban J connectivity index is 0.788. The summed E-state index contributed by atoms with van der Waals surface area (Å²) in [7, 11) is 0. The molecule has 26 heteroatoms. The number of carboxylic acid groups (broad SMARTS) is 1. The number of aryl methyl sites for hydroxylation is 1. The number of carboxylic acids is 1. The van der Waals surface area contributed by atoms with Crippen LogP contribution in [-0.4, -0.2) is 236 Å². The van der Waals surface area contributed by atoms with Crippen LogP contribution in [0.2, 0.25) is 0 Å². The molecule has 85 heavy (non-hydrogen) atoms. The number of nitrogens with zero attached hydrogens (tertiary/aromatic N) is 2. The first-order chi connectivity index (χ1) is 40.1. The molecule has 3 amide bonds. The first-order valence-electron chi connectivity index (χ1n) is 29.0. The Kier molecular flexibility index (Phi) is 18.3. The number of thioether (sulfide) groups is 1. The van der Waals surface area contributed by atoms with Gasteiger partial charge >= 0.3 is 5.97 Å². The summed E-state index contributed by atoms with van der Waals surface area (Å²) in [4.78, 5) is 82.3. The third-order valence-corrected chi connectivity index (χ3v) is 20.5. The number of fused-ring (bicyclic) bond motifs is 6. The van der Waals surface area contributed by atoms with Gasteiger partial charge in [0.25, 0.3) is 0 Å². The van der Waals surface area contributed by atoms with Gasteiger partial charge < -0.3 is 83.9 Å². The zero-order valence-electron chi connectivity index (χ0n) is 48.2. The molecule has 7 fully saturated rings. The third kappa shape index (κ3) is 11.6. The quantitative estimate of drug-likeness (QED) is 0.0353. The highest BCUT2D eigenvalue weighted by molar-refractivity contribution is 8.00. The molecule has 14 unspecified atom stereocenters. The third-order valence-electron chi connectivity index (χ3n) is 19.1. The van der Waals surface area contributed by atoms with Crippen LogP contribution in [0.15, 0.2) is 59.8 Å². The summed E-state index contributed by atoms with van der Waals surface area (Å²) >= 11 is 1.37. The van der Waals surface area contributed by atoms with Gasteiger partial charge in [0, 0.05) is 36.6 Å². The molecule has 9 aliphatic rings. The molecule has 26 atom stereocenters. The number of aliphatic hydroxyl groups excluding tert-OH is 7. The van der Waals surface area contributed by atoms with Crippen molar-refractivity contribution in [3.05, 3.63) is 71.0 Å². The maximum absolute atomic E-state index is 14.4. The first-order valence-corrected chi connectivity index (χ1v) is 30.1. The summed E-state index contributed by atoms with van der Waals surface area (Å²) in [6, 6.07) is 7.03. The highest BCUT2D eigenvalue weighted by atomic mass is 32.2. The van der Waals surface area contributed by atoms with E-state index in [-0.39, 0.29) is 49.3 Å². The van der Waals surface area contributed by atoms with Gasteiger partial charge in [-0.3, -0.25) is 33.8 Å². The minimum absolute atomic E-state index is 0.000822. The van der Waals surface area contributed by atoms with Gasteiger partial charge in [-0.2, -0.15) is 0 Å². The van der Waals surface area contributed by atoms with Crippen molar-refractivity contribution in [1.29, 1.82) is 0 Å². The predicted octanol–water partition coefficient (Wildman–Crippen LogP) is -0.223. The van der Waals surface area contributed by atoms with E-state index in [0.717, 1.165) is 10.5 Å². The molecule has 9 aliphatic heterocycles. The van der Waals surface area contributed by atoms with Crippen LogP contribution in [0.25, 0.3) is 0 Å². The van der Waals surface area contributed by atoms with E-state index < -0.39 is 186 Å². The largest absolute Gasteiger partial charge is 0.477 e. The Bertz CT molecular complexity index is 2830. The molecular formula is C59H78N2O23S. The second-order valence-electron chi connectivity index (χ2n) is 24.5. The fraction of sp³-hybridized carbons (Fsp3) is 0.695. The highest BCUT2D eigenvalue weighted by Crippen LogP contribution is 2.55. The van der Waals surface area contributed by atoms with Gasteiger partial charge in [0.05, 0.1) is 64.8 Å². The number of hydrogen-bond acceptors (Lipinski definition) is 23. The topological polar surface area (TPSA) is 365 Å². The van der Waals surface area contributed by atoms with Crippen molar-refractivity contribution in [2.75, 3.05) is 12.3 Å². The molecule has 0 aliphatic carbocycles. The van der Waals surface area contributed by atoms with Crippen LogP contribution in [0.3, 0.4) is 0 Å². The molecule has 0 saturated carbocycles. The van der Waals surface area contributed by atoms with Gasteiger partial charge in [0.1, 0.15) is 78.6 Å². The molecule has 0 aromatic heterocycles. The van der Waals surface area contributed by atoms with Gasteiger partial charge in [-0.15, -0.1) is 11.8 Å². The van der Waals surface area contributed by atoms with Crippen LogP contribution >= 0.6 is 11.8 Å². The summed E-state index contributed by atoms with van der Waals surface area (Å²) in [6.45, 7) is 14.7. The number of likely N-dealkylation sites (tertiary alicyclic amines) is 1. The number of ether oxygens (including phenoxy) is 8. The highest BCUT2D eigenvalue weighted by Gasteiger charge is 2.67. The van der Waals surface area contributed by atoms with Crippen molar-refractivity contribution in [3.8, 4) is 0 Å². The number of aliphatic hydroxyl groups is 8. The normalized spacial score (nSPS) is 44.1. The number of rotatable bonds is 20. The molecule has 468 valence electrons. The second kappa shape index (κ2) is 24.5. The molecule has 1 aromatic rings. The lowest BCUT2D eigenvalue weighted by molar-refractivity contribution is -0.378. The van der Waals surface area contributed by atoms with Crippen LogP contribution in [0, 0.1) is 23.7 Å². The molecule has 0 spiro atoms. The van der Waals surface area contributed by atoms with Gasteiger partial charge in [-0.05, 0) is 83.9 Å². The van der Waals surface area contributed by atoms with Crippen LogP contribution in [0.5, 0.6) is 0 Å². The average molecular weight is 1220 g/mol. The van der Waals surface area contributed by atoms with Crippen LogP contribution < -0.4 is 0 Å². The lowest BCUT2D eigenvalue weighted by atomic mass is 9.74. The van der Waals surface area contributed by atoms with Crippen molar-refractivity contribution >= 4 is 47.0 Å². The lowest BCUT2D eigenvalue weighted by Gasteiger charge is -2.50. The summed E-state index contributed by atoms with van der Waals surface area (Å²) in [5.74, 6) is -6.64. The summed E-state index contributed by atoms with van der Waals surface area (Å²) in [5, 5.41) is 99.8. The lowest BCUT2D eigenvalue weighted by Crippen LogP contribution is -2.66. The zero-order valence-corrected chi connectivity index (χ0v) is 49.0. The maximum atomic E-state index is 14.4. The number of hydrogen-bond donors (Lipinski definition) is 9. The van der Waals surface area contributed by atoms with Crippen LogP contribution in [0.1, 0.15) is 96.5 Å². The Morgan fingerprint density at radius 1 is 0.729 bits per heavy atom. The van der Waals surface area contributed by atoms with Crippen molar-refractivity contribution in [1.82, 2.24) is 9.80 Å². The van der Waals surface area contributed by atoms with Crippen molar-refractivity contribution in [2.24, 2.45) is 23.7 Å². The number of β-lactam (4-membered cyclic amide) rings is 1. The van der Waals surface area contributed by atoms with Crippen molar-refractivity contribution < 1.29 is 113 Å². The smallest absolute Gasteiger partial charge is 0.352 e. The number of aliphatic carboxylic acids is 1. The molecule has 2 bridgehead atoms. The monoisotopic (exact) mass is 1210 g/mol. The van der Waals surface area contributed by atoms with Crippen LogP contribution in [0.4, 0.5) is 0 Å². The van der Waals surface area contributed by atoms with Gasteiger partial charge in [0.2, 0.25) is 17.7 Å². The minimum atomic E-state index is -1.94. The molecule has 0 radical (unpaired) electrons. The number of amides is 3. The van der Waals surface area contributed by atoms with E-state index in [1.54, 1.807) is 52.0 Å². The Labute approximate surface area is 494 Å².